The first-order chi connectivity index (χ1) is 15.9. The van der Waals surface area contributed by atoms with E-state index in [1.165, 1.54) is 19.8 Å². The second kappa shape index (κ2) is 13.5. The highest BCUT2D eigenvalue weighted by molar-refractivity contribution is 5.73. The summed E-state index contributed by atoms with van der Waals surface area (Å²) in [6.07, 6.45) is 6.84. The first kappa shape index (κ1) is 26.3. The molecule has 2 rings (SSSR count). The maximum atomic E-state index is 5.92. The molecule has 0 saturated carbocycles. The van der Waals surface area contributed by atoms with Gasteiger partial charge in [-0.25, -0.2) is 0 Å². The molecule has 0 N–H and O–H groups in total. The standard InChI is InChI=1S/C26H34O7/c1-18(2)8-12-21-13-11-19(14-22(21)33-26(30-6)31-7)9-10-20-15-23(28-4)25(32-17-27-3)24(16-20)29-5/h8-11,13-16,26H,12,17H2,1-7H3. The van der Waals surface area contributed by atoms with Crippen LogP contribution in [0.25, 0.3) is 12.2 Å². The molecule has 0 fully saturated rings. The third-order valence-corrected chi connectivity index (χ3v) is 4.70. The molecule has 0 atom stereocenters. The van der Waals surface area contributed by atoms with Crippen molar-refractivity contribution in [3.05, 3.63) is 58.7 Å². The van der Waals surface area contributed by atoms with Crippen LogP contribution in [-0.2, 0) is 20.6 Å². The number of benzene rings is 2. The van der Waals surface area contributed by atoms with Gasteiger partial charge in [0.25, 0.3) is 0 Å². The average Bonchev–Trinajstić information content (AvgIpc) is 2.83. The van der Waals surface area contributed by atoms with E-state index in [1.807, 2.05) is 42.5 Å². The number of methoxy groups -OCH3 is 5. The number of ether oxygens (including phenoxy) is 7. The molecule has 0 aliphatic carbocycles. The van der Waals surface area contributed by atoms with Gasteiger partial charge in [-0.3, -0.25) is 0 Å². The predicted molar refractivity (Wildman–Crippen MR) is 129 cm³/mol. The minimum absolute atomic E-state index is 0.0910. The van der Waals surface area contributed by atoms with Gasteiger partial charge in [0.1, 0.15) is 5.75 Å². The van der Waals surface area contributed by atoms with Crippen molar-refractivity contribution < 1.29 is 33.2 Å². The zero-order valence-corrected chi connectivity index (χ0v) is 20.5. The van der Waals surface area contributed by atoms with Crippen LogP contribution >= 0.6 is 0 Å². The monoisotopic (exact) mass is 458 g/mol. The highest BCUT2D eigenvalue weighted by atomic mass is 16.8. The van der Waals surface area contributed by atoms with Crippen LogP contribution in [0.2, 0.25) is 0 Å². The SMILES string of the molecule is COCOc1c(OC)cc(C=Cc2ccc(CC=C(C)C)c(OC(OC)OC)c2)cc1OC. The van der Waals surface area contributed by atoms with Crippen molar-refractivity contribution in [3.8, 4) is 23.0 Å². The highest BCUT2D eigenvalue weighted by Crippen LogP contribution is 2.39. The summed E-state index contributed by atoms with van der Waals surface area (Å²) in [5.41, 5.74) is 4.11. The average molecular weight is 459 g/mol. The second-order valence-corrected chi connectivity index (χ2v) is 7.37. The van der Waals surface area contributed by atoms with E-state index in [4.69, 9.17) is 33.2 Å². The number of hydrogen-bond donors (Lipinski definition) is 0. The maximum Gasteiger partial charge on any atom is 0.315 e. The van der Waals surface area contributed by atoms with Crippen molar-refractivity contribution in [1.29, 1.82) is 0 Å². The fourth-order valence-electron chi connectivity index (χ4n) is 3.01. The summed E-state index contributed by atoms with van der Waals surface area (Å²) in [6.45, 7) is 3.44. The van der Waals surface area contributed by atoms with E-state index in [0.29, 0.717) is 23.0 Å². The molecular weight excluding hydrogens is 424 g/mol. The Morgan fingerprint density at radius 3 is 1.97 bits per heavy atom. The smallest absolute Gasteiger partial charge is 0.315 e. The Kier molecular flexibility index (Phi) is 10.8. The second-order valence-electron chi connectivity index (χ2n) is 7.37. The fraction of sp³-hybridized carbons (Fsp3) is 0.385. The minimum Gasteiger partial charge on any atom is -0.493 e. The number of allylic oxidation sites excluding steroid dienone is 2. The molecule has 0 heterocycles. The Morgan fingerprint density at radius 1 is 0.818 bits per heavy atom. The van der Waals surface area contributed by atoms with Crippen molar-refractivity contribution in [2.24, 2.45) is 0 Å². The molecule has 2 aromatic rings. The van der Waals surface area contributed by atoms with E-state index >= 15 is 0 Å². The van der Waals surface area contributed by atoms with E-state index in [2.05, 4.69) is 19.9 Å². The molecule has 7 nitrogen and oxygen atoms in total. The van der Waals surface area contributed by atoms with Gasteiger partial charge in [-0.2, -0.15) is 0 Å². The molecule has 0 unspecified atom stereocenters. The predicted octanol–water partition coefficient (Wildman–Crippen LogP) is 5.32. The zero-order valence-electron chi connectivity index (χ0n) is 20.5. The lowest BCUT2D eigenvalue weighted by Crippen LogP contribution is -2.21. The molecule has 33 heavy (non-hydrogen) atoms. The molecule has 0 bridgehead atoms. The van der Waals surface area contributed by atoms with Gasteiger partial charge in [0.05, 0.1) is 14.2 Å². The summed E-state index contributed by atoms with van der Waals surface area (Å²) in [5, 5.41) is 0. The maximum absolute atomic E-state index is 5.92. The summed E-state index contributed by atoms with van der Waals surface area (Å²) in [6, 6.07) is 9.78. The molecule has 0 aliphatic heterocycles. The Morgan fingerprint density at radius 2 is 1.42 bits per heavy atom. The molecule has 0 aliphatic rings. The fourth-order valence-corrected chi connectivity index (χ4v) is 3.01. The zero-order chi connectivity index (χ0) is 24.2. The van der Waals surface area contributed by atoms with Gasteiger partial charge in [0.2, 0.25) is 5.75 Å². The summed E-state index contributed by atoms with van der Waals surface area (Å²) >= 11 is 0. The molecule has 0 spiro atoms. The summed E-state index contributed by atoms with van der Waals surface area (Å²) in [5.74, 6) is 2.29. The van der Waals surface area contributed by atoms with Gasteiger partial charge in [0.15, 0.2) is 18.3 Å². The van der Waals surface area contributed by atoms with E-state index in [0.717, 1.165) is 23.1 Å². The Hall–Kier alpha value is -3.00. The summed E-state index contributed by atoms with van der Waals surface area (Å²) in [4.78, 5) is 0. The van der Waals surface area contributed by atoms with E-state index in [9.17, 15) is 0 Å². The number of rotatable bonds is 13. The van der Waals surface area contributed by atoms with Crippen molar-refractivity contribution in [1.82, 2.24) is 0 Å². The molecule has 2 aromatic carbocycles. The molecule has 0 amide bonds. The minimum atomic E-state index is -0.789. The van der Waals surface area contributed by atoms with Crippen molar-refractivity contribution in [3.63, 3.8) is 0 Å². The van der Waals surface area contributed by atoms with Crippen LogP contribution < -0.4 is 18.9 Å². The summed E-state index contributed by atoms with van der Waals surface area (Å²) in [7, 11) is 7.79. The summed E-state index contributed by atoms with van der Waals surface area (Å²) < 4.78 is 37.9. The van der Waals surface area contributed by atoms with Gasteiger partial charge in [-0.05, 0) is 55.2 Å². The first-order valence-electron chi connectivity index (χ1n) is 10.5. The Bertz CT molecular complexity index is 917. The quantitative estimate of drug-likeness (QED) is 0.229. The van der Waals surface area contributed by atoms with E-state index in [1.54, 1.807) is 21.3 Å². The first-order valence-corrected chi connectivity index (χ1v) is 10.5. The third kappa shape index (κ3) is 7.82. The normalized spacial score (nSPS) is 11.0. The molecule has 0 radical (unpaired) electrons. The molecule has 0 saturated heterocycles. The van der Waals surface area contributed by atoms with Crippen LogP contribution in [0.5, 0.6) is 23.0 Å². The Labute approximate surface area is 196 Å². The van der Waals surface area contributed by atoms with Crippen molar-refractivity contribution in [2.45, 2.75) is 26.7 Å². The third-order valence-electron chi connectivity index (χ3n) is 4.70. The van der Waals surface area contributed by atoms with Gasteiger partial charge in [-0.15, -0.1) is 0 Å². The molecular formula is C26H34O7. The van der Waals surface area contributed by atoms with Gasteiger partial charge >= 0.3 is 6.48 Å². The van der Waals surface area contributed by atoms with Crippen LogP contribution in [0.1, 0.15) is 30.5 Å². The van der Waals surface area contributed by atoms with E-state index in [-0.39, 0.29) is 6.79 Å². The number of hydrogen-bond acceptors (Lipinski definition) is 7. The van der Waals surface area contributed by atoms with Gasteiger partial charge in [-0.1, -0.05) is 35.9 Å². The van der Waals surface area contributed by atoms with Crippen molar-refractivity contribution >= 4 is 12.2 Å². The molecule has 7 heteroatoms. The largest absolute Gasteiger partial charge is 0.493 e. The van der Waals surface area contributed by atoms with Gasteiger partial charge < -0.3 is 33.2 Å². The van der Waals surface area contributed by atoms with Crippen LogP contribution in [0.4, 0.5) is 0 Å². The van der Waals surface area contributed by atoms with Crippen LogP contribution in [0, 0.1) is 0 Å². The lowest BCUT2D eigenvalue weighted by Gasteiger charge is -2.18. The lowest BCUT2D eigenvalue weighted by atomic mass is 10.0. The van der Waals surface area contributed by atoms with Crippen molar-refractivity contribution in [2.75, 3.05) is 42.3 Å². The van der Waals surface area contributed by atoms with Crippen LogP contribution in [0.3, 0.4) is 0 Å². The van der Waals surface area contributed by atoms with Crippen LogP contribution in [-0.4, -0.2) is 48.8 Å². The molecule has 0 aromatic heterocycles. The Balaban J connectivity index is 2.36. The lowest BCUT2D eigenvalue weighted by molar-refractivity contribution is -0.219. The van der Waals surface area contributed by atoms with E-state index < -0.39 is 6.48 Å². The topological polar surface area (TPSA) is 64.6 Å². The van der Waals surface area contributed by atoms with Crippen LogP contribution in [0.15, 0.2) is 42.0 Å². The molecule has 180 valence electrons. The van der Waals surface area contributed by atoms with Gasteiger partial charge in [0, 0.05) is 21.3 Å². The highest BCUT2D eigenvalue weighted by Gasteiger charge is 2.14.